The lowest BCUT2D eigenvalue weighted by atomic mass is 10.1. The third kappa shape index (κ3) is 1.57. The Hall–Kier alpha value is -1.68. The van der Waals surface area contributed by atoms with E-state index < -0.39 is 6.10 Å². The van der Waals surface area contributed by atoms with Crippen molar-refractivity contribution in [3.8, 4) is 0 Å². The molecule has 4 heteroatoms. The smallest absolute Gasteiger partial charge is 0.120 e. The van der Waals surface area contributed by atoms with Crippen LogP contribution in [0.4, 0.5) is 0 Å². The maximum atomic E-state index is 9.78. The number of aromatic nitrogens is 3. The van der Waals surface area contributed by atoms with Crippen LogP contribution in [0.5, 0.6) is 0 Å². The number of rotatable bonds is 2. The molecule has 2 rings (SSSR count). The number of hydrogen-bond acceptors (Lipinski definition) is 3. The molecule has 0 bridgehead atoms. The minimum Gasteiger partial charge on any atom is -0.382 e. The summed E-state index contributed by atoms with van der Waals surface area (Å²) in [6, 6.07) is 3.54. The SMILES string of the molecule is O[C@H](c1ccncc1)c1cnc[nH]1. The van der Waals surface area contributed by atoms with Gasteiger partial charge in [0.25, 0.3) is 0 Å². The highest BCUT2D eigenvalue weighted by Gasteiger charge is 2.10. The second-order valence-corrected chi connectivity index (χ2v) is 2.69. The molecule has 0 saturated carbocycles. The highest BCUT2D eigenvalue weighted by atomic mass is 16.3. The molecule has 0 saturated heterocycles. The summed E-state index contributed by atoms with van der Waals surface area (Å²) in [5.41, 5.74) is 1.49. The summed E-state index contributed by atoms with van der Waals surface area (Å²) in [6.45, 7) is 0. The van der Waals surface area contributed by atoms with Gasteiger partial charge in [-0.1, -0.05) is 0 Å². The molecule has 0 spiro atoms. The molecule has 0 aliphatic carbocycles. The second kappa shape index (κ2) is 3.37. The highest BCUT2D eigenvalue weighted by Crippen LogP contribution is 2.17. The van der Waals surface area contributed by atoms with Gasteiger partial charge in [0.2, 0.25) is 0 Å². The van der Waals surface area contributed by atoms with Crippen LogP contribution in [0.25, 0.3) is 0 Å². The van der Waals surface area contributed by atoms with Crippen molar-refractivity contribution in [2.24, 2.45) is 0 Å². The highest BCUT2D eigenvalue weighted by molar-refractivity contribution is 5.21. The van der Waals surface area contributed by atoms with Crippen LogP contribution in [0.2, 0.25) is 0 Å². The first kappa shape index (κ1) is 7.94. The molecule has 0 aliphatic rings. The van der Waals surface area contributed by atoms with Crippen LogP contribution in [0, 0.1) is 0 Å². The van der Waals surface area contributed by atoms with Gasteiger partial charge in [0.1, 0.15) is 6.10 Å². The molecule has 2 N–H and O–H groups in total. The van der Waals surface area contributed by atoms with Gasteiger partial charge in [0, 0.05) is 12.4 Å². The van der Waals surface area contributed by atoms with Crippen molar-refractivity contribution in [3.63, 3.8) is 0 Å². The van der Waals surface area contributed by atoms with Crippen molar-refractivity contribution in [1.82, 2.24) is 15.0 Å². The largest absolute Gasteiger partial charge is 0.382 e. The van der Waals surface area contributed by atoms with Crippen LogP contribution in [0.3, 0.4) is 0 Å². The zero-order chi connectivity index (χ0) is 9.10. The number of pyridine rings is 1. The molecule has 0 aromatic carbocycles. The van der Waals surface area contributed by atoms with E-state index in [1.165, 1.54) is 0 Å². The zero-order valence-electron chi connectivity index (χ0n) is 6.88. The molecular formula is C9H9N3O. The number of nitrogens with one attached hydrogen (secondary N) is 1. The van der Waals surface area contributed by atoms with Gasteiger partial charge < -0.3 is 10.1 Å². The van der Waals surface area contributed by atoms with Crippen LogP contribution < -0.4 is 0 Å². The van der Waals surface area contributed by atoms with Gasteiger partial charge in [-0.15, -0.1) is 0 Å². The number of aromatic amines is 1. The Morgan fingerprint density at radius 3 is 2.62 bits per heavy atom. The predicted molar refractivity (Wildman–Crippen MR) is 46.9 cm³/mol. The summed E-state index contributed by atoms with van der Waals surface area (Å²) >= 11 is 0. The van der Waals surface area contributed by atoms with E-state index in [4.69, 9.17) is 0 Å². The molecule has 0 unspecified atom stereocenters. The van der Waals surface area contributed by atoms with Crippen molar-refractivity contribution < 1.29 is 5.11 Å². The summed E-state index contributed by atoms with van der Waals surface area (Å²) in [5, 5.41) is 9.78. The van der Waals surface area contributed by atoms with Crippen LogP contribution in [-0.2, 0) is 0 Å². The van der Waals surface area contributed by atoms with Crippen LogP contribution in [0.15, 0.2) is 37.1 Å². The van der Waals surface area contributed by atoms with Crippen LogP contribution in [0.1, 0.15) is 17.4 Å². The summed E-state index contributed by atoms with van der Waals surface area (Å²) in [6.07, 6.45) is 5.79. The van der Waals surface area contributed by atoms with E-state index in [0.29, 0.717) is 5.69 Å². The topological polar surface area (TPSA) is 61.8 Å². The van der Waals surface area contributed by atoms with E-state index in [-0.39, 0.29) is 0 Å². The molecule has 66 valence electrons. The summed E-state index contributed by atoms with van der Waals surface area (Å²) < 4.78 is 0. The number of aliphatic hydroxyl groups is 1. The first-order valence-corrected chi connectivity index (χ1v) is 3.94. The number of imidazole rings is 1. The van der Waals surface area contributed by atoms with Crippen LogP contribution in [-0.4, -0.2) is 20.1 Å². The summed E-state index contributed by atoms with van der Waals surface area (Å²) in [4.78, 5) is 10.6. The predicted octanol–water partition coefficient (Wildman–Crippen LogP) is 0.886. The number of aliphatic hydroxyl groups excluding tert-OH is 1. The Labute approximate surface area is 75.3 Å². The average molecular weight is 175 g/mol. The molecule has 1 atom stereocenters. The number of hydrogen-bond donors (Lipinski definition) is 2. The molecule has 2 aromatic rings. The van der Waals surface area contributed by atoms with Crippen molar-refractivity contribution in [2.45, 2.75) is 6.10 Å². The average Bonchev–Trinajstić information content (AvgIpc) is 2.71. The Morgan fingerprint density at radius 1 is 1.23 bits per heavy atom. The fourth-order valence-electron chi connectivity index (χ4n) is 1.14. The minimum atomic E-state index is -0.648. The second-order valence-electron chi connectivity index (χ2n) is 2.69. The molecule has 0 aliphatic heterocycles. The molecule has 4 nitrogen and oxygen atoms in total. The Bertz CT molecular complexity index is 358. The van der Waals surface area contributed by atoms with E-state index in [1.807, 2.05) is 0 Å². The maximum Gasteiger partial charge on any atom is 0.120 e. The fourth-order valence-corrected chi connectivity index (χ4v) is 1.14. The van der Waals surface area contributed by atoms with Gasteiger partial charge in [-0.05, 0) is 17.7 Å². The van der Waals surface area contributed by atoms with Crippen LogP contribution >= 0.6 is 0 Å². The van der Waals surface area contributed by atoms with E-state index in [9.17, 15) is 5.11 Å². The monoisotopic (exact) mass is 175 g/mol. The molecule has 13 heavy (non-hydrogen) atoms. The third-order valence-corrected chi connectivity index (χ3v) is 1.84. The lowest BCUT2D eigenvalue weighted by Crippen LogP contribution is -1.99. The molecule has 0 radical (unpaired) electrons. The van der Waals surface area contributed by atoms with Gasteiger partial charge >= 0.3 is 0 Å². The fraction of sp³-hybridized carbons (Fsp3) is 0.111. The molecule has 0 fully saturated rings. The van der Waals surface area contributed by atoms with Crippen molar-refractivity contribution in [3.05, 3.63) is 48.3 Å². The lowest BCUT2D eigenvalue weighted by molar-refractivity contribution is 0.216. The third-order valence-electron chi connectivity index (χ3n) is 1.84. The quantitative estimate of drug-likeness (QED) is 0.712. The Balaban J connectivity index is 2.29. The standard InChI is InChI=1S/C9H9N3O/c13-9(8-5-11-6-12-8)7-1-3-10-4-2-7/h1-6,9,13H,(H,11,12)/t9-/m1/s1. The van der Waals surface area contributed by atoms with E-state index in [0.717, 1.165) is 5.56 Å². The number of nitrogens with zero attached hydrogens (tertiary/aromatic N) is 2. The molecular weight excluding hydrogens is 166 g/mol. The number of H-pyrrole nitrogens is 1. The van der Waals surface area contributed by atoms with Crippen molar-refractivity contribution in [2.75, 3.05) is 0 Å². The summed E-state index contributed by atoms with van der Waals surface area (Å²) in [7, 11) is 0. The molecule has 2 heterocycles. The maximum absolute atomic E-state index is 9.78. The Kier molecular flexibility index (Phi) is 2.06. The molecule has 0 amide bonds. The minimum absolute atomic E-state index is 0.648. The summed E-state index contributed by atoms with van der Waals surface area (Å²) in [5.74, 6) is 0. The lowest BCUT2D eigenvalue weighted by Gasteiger charge is -2.07. The van der Waals surface area contributed by atoms with E-state index in [2.05, 4.69) is 15.0 Å². The van der Waals surface area contributed by atoms with Gasteiger partial charge in [0.15, 0.2) is 0 Å². The van der Waals surface area contributed by atoms with E-state index in [1.54, 1.807) is 37.1 Å². The van der Waals surface area contributed by atoms with Crippen molar-refractivity contribution in [1.29, 1.82) is 0 Å². The zero-order valence-corrected chi connectivity index (χ0v) is 6.88. The van der Waals surface area contributed by atoms with Gasteiger partial charge in [-0.3, -0.25) is 4.98 Å². The Morgan fingerprint density at radius 2 is 2.00 bits per heavy atom. The normalized spacial score (nSPS) is 12.7. The van der Waals surface area contributed by atoms with Crippen molar-refractivity contribution >= 4 is 0 Å². The van der Waals surface area contributed by atoms with Gasteiger partial charge in [-0.2, -0.15) is 0 Å². The van der Waals surface area contributed by atoms with Gasteiger partial charge in [0.05, 0.1) is 18.2 Å². The van der Waals surface area contributed by atoms with E-state index >= 15 is 0 Å². The molecule has 2 aromatic heterocycles. The van der Waals surface area contributed by atoms with Gasteiger partial charge in [-0.25, -0.2) is 4.98 Å². The first-order chi connectivity index (χ1) is 6.38. The first-order valence-electron chi connectivity index (χ1n) is 3.94.